The third-order valence-electron chi connectivity index (χ3n) is 3.75. The van der Waals surface area contributed by atoms with Crippen LogP contribution in [-0.2, 0) is 0 Å². The Kier molecular flexibility index (Phi) is 3.64. The average molecular weight is 304 g/mol. The van der Waals surface area contributed by atoms with Crippen molar-refractivity contribution in [1.82, 2.24) is 9.97 Å². The van der Waals surface area contributed by atoms with Crippen LogP contribution in [-0.4, -0.2) is 9.97 Å². The molecule has 0 aliphatic rings. The number of hydrogen-bond acceptors (Lipinski definition) is 2. The molecule has 2 aromatic heterocycles. The third kappa shape index (κ3) is 2.70. The van der Waals surface area contributed by atoms with Crippen molar-refractivity contribution in [3.05, 3.63) is 84.2 Å². The molecule has 0 bridgehead atoms. The first-order chi connectivity index (χ1) is 11.9. The predicted octanol–water partition coefficient (Wildman–Crippen LogP) is 4.19. The number of para-hydroxylation sites is 2. The van der Waals surface area contributed by atoms with E-state index in [0.29, 0.717) is 0 Å². The van der Waals surface area contributed by atoms with Crippen LogP contribution in [0.15, 0.2) is 73.1 Å². The van der Waals surface area contributed by atoms with E-state index in [1.165, 1.54) is 0 Å². The standard InChI is InChI=1S/C22H12N2/c1(7-17-13-15-23-21-11-5-3-9-19(17)21)2-8-18-14-16-24-22-12-6-4-10-20(18)22/h3-6,9-16H. The Morgan fingerprint density at radius 2 is 1.00 bits per heavy atom. The second-order valence-corrected chi connectivity index (χ2v) is 5.25. The predicted molar refractivity (Wildman–Crippen MR) is 97.2 cm³/mol. The van der Waals surface area contributed by atoms with Crippen LogP contribution in [0.3, 0.4) is 0 Å². The molecule has 0 amide bonds. The summed E-state index contributed by atoms with van der Waals surface area (Å²) in [4.78, 5) is 8.68. The molecule has 0 N–H and O–H groups in total. The van der Waals surface area contributed by atoms with Gasteiger partial charge in [-0.3, -0.25) is 9.97 Å². The number of hydrogen-bond donors (Lipinski definition) is 0. The number of rotatable bonds is 0. The van der Waals surface area contributed by atoms with Gasteiger partial charge < -0.3 is 0 Å². The van der Waals surface area contributed by atoms with Crippen LogP contribution in [0.2, 0.25) is 0 Å². The highest BCUT2D eigenvalue weighted by molar-refractivity contribution is 5.86. The summed E-state index contributed by atoms with van der Waals surface area (Å²) >= 11 is 0. The molecule has 0 radical (unpaired) electrons. The number of benzene rings is 2. The molecule has 0 unspecified atom stereocenters. The van der Waals surface area contributed by atoms with E-state index in [1.807, 2.05) is 60.7 Å². The number of nitrogens with zero attached hydrogens (tertiary/aromatic N) is 2. The van der Waals surface area contributed by atoms with E-state index in [2.05, 4.69) is 33.6 Å². The summed E-state index contributed by atoms with van der Waals surface area (Å²) < 4.78 is 0. The van der Waals surface area contributed by atoms with Gasteiger partial charge in [-0.25, -0.2) is 0 Å². The molecule has 2 nitrogen and oxygen atoms in total. The van der Waals surface area contributed by atoms with Gasteiger partial charge in [0, 0.05) is 34.3 Å². The lowest BCUT2D eigenvalue weighted by atomic mass is 10.1. The fourth-order valence-electron chi connectivity index (χ4n) is 2.61. The molecule has 4 rings (SSSR count). The van der Waals surface area contributed by atoms with Gasteiger partial charge in [-0.1, -0.05) is 48.2 Å². The van der Waals surface area contributed by atoms with Crippen molar-refractivity contribution in [3.63, 3.8) is 0 Å². The molecule has 110 valence electrons. The molecular formula is C22H12N2. The van der Waals surface area contributed by atoms with Crippen LogP contribution in [0.1, 0.15) is 11.1 Å². The van der Waals surface area contributed by atoms with Crippen molar-refractivity contribution in [2.75, 3.05) is 0 Å². The topological polar surface area (TPSA) is 25.8 Å². The lowest BCUT2D eigenvalue weighted by Crippen LogP contribution is -1.83. The van der Waals surface area contributed by atoms with E-state index >= 15 is 0 Å². The zero-order chi connectivity index (χ0) is 16.2. The molecule has 0 aliphatic carbocycles. The Labute approximate surface area is 140 Å². The Morgan fingerprint density at radius 1 is 0.542 bits per heavy atom. The van der Waals surface area contributed by atoms with Crippen LogP contribution >= 0.6 is 0 Å². The molecular weight excluding hydrogens is 292 g/mol. The van der Waals surface area contributed by atoms with Crippen molar-refractivity contribution in [3.8, 4) is 23.7 Å². The van der Waals surface area contributed by atoms with E-state index in [-0.39, 0.29) is 0 Å². The molecule has 2 heteroatoms. The summed E-state index contributed by atoms with van der Waals surface area (Å²) in [6.07, 6.45) is 3.55. The quantitative estimate of drug-likeness (QED) is 0.455. The fourth-order valence-corrected chi connectivity index (χ4v) is 2.61. The summed E-state index contributed by atoms with van der Waals surface area (Å²) in [6, 6.07) is 19.8. The summed E-state index contributed by atoms with van der Waals surface area (Å²) in [5.74, 6) is 12.1. The van der Waals surface area contributed by atoms with Crippen LogP contribution in [0.25, 0.3) is 21.8 Å². The third-order valence-corrected chi connectivity index (χ3v) is 3.75. The van der Waals surface area contributed by atoms with Crippen LogP contribution in [0, 0.1) is 23.7 Å². The lowest BCUT2D eigenvalue weighted by Gasteiger charge is -1.98. The summed E-state index contributed by atoms with van der Waals surface area (Å²) in [5, 5.41) is 2.09. The SMILES string of the molecule is C(C#Cc1ccnc2ccccc12)#Cc1ccnc2ccccc12. The van der Waals surface area contributed by atoms with Crippen molar-refractivity contribution in [2.45, 2.75) is 0 Å². The van der Waals surface area contributed by atoms with E-state index in [0.717, 1.165) is 32.9 Å². The van der Waals surface area contributed by atoms with Gasteiger partial charge in [-0.15, -0.1) is 0 Å². The first-order valence-corrected chi connectivity index (χ1v) is 7.61. The molecule has 4 aromatic rings. The molecule has 0 spiro atoms. The molecule has 2 aromatic carbocycles. The summed E-state index contributed by atoms with van der Waals surface area (Å²) in [5.41, 5.74) is 3.76. The largest absolute Gasteiger partial charge is 0.256 e. The van der Waals surface area contributed by atoms with Crippen molar-refractivity contribution < 1.29 is 0 Å². The van der Waals surface area contributed by atoms with Crippen molar-refractivity contribution >= 4 is 21.8 Å². The Hall–Kier alpha value is -3.62. The molecule has 0 fully saturated rings. The average Bonchev–Trinajstić information content (AvgIpc) is 2.65. The maximum Gasteiger partial charge on any atom is 0.0714 e. The zero-order valence-electron chi connectivity index (χ0n) is 12.8. The van der Waals surface area contributed by atoms with E-state index < -0.39 is 0 Å². The van der Waals surface area contributed by atoms with Gasteiger partial charge in [0.25, 0.3) is 0 Å². The molecule has 2 heterocycles. The van der Waals surface area contributed by atoms with Gasteiger partial charge in [0.05, 0.1) is 11.0 Å². The molecule has 0 saturated carbocycles. The minimum Gasteiger partial charge on any atom is -0.256 e. The van der Waals surface area contributed by atoms with Gasteiger partial charge in [-0.05, 0) is 36.1 Å². The van der Waals surface area contributed by atoms with E-state index in [1.54, 1.807) is 12.4 Å². The van der Waals surface area contributed by atoms with Gasteiger partial charge >= 0.3 is 0 Å². The van der Waals surface area contributed by atoms with Gasteiger partial charge in [0.2, 0.25) is 0 Å². The van der Waals surface area contributed by atoms with Crippen LogP contribution in [0.5, 0.6) is 0 Å². The highest BCUT2D eigenvalue weighted by Gasteiger charge is 1.98. The second kappa shape index (κ2) is 6.24. The van der Waals surface area contributed by atoms with Crippen molar-refractivity contribution in [1.29, 1.82) is 0 Å². The minimum atomic E-state index is 0.939. The Bertz CT molecular complexity index is 1060. The van der Waals surface area contributed by atoms with Crippen LogP contribution in [0.4, 0.5) is 0 Å². The van der Waals surface area contributed by atoms with E-state index in [4.69, 9.17) is 0 Å². The Morgan fingerprint density at radius 3 is 1.50 bits per heavy atom. The summed E-state index contributed by atoms with van der Waals surface area (Å²) in [7, 11) is 0. The minimum absolute atomic E-state index is 0.939. The molecule has 24 heavy (non-hydrogen) atoms. The molecule has 0 aliphatic heterocycles. The molecule has 0 atom stereocenters. The molecule has 0 saturated heterocycles. The lowest BCUT2D eigenvalue weighted by molar-refractivity contribution is 1.40. The van der Waals surface area contributed by atoms with E-state index in [9.17, 15) is 0 Å². The fraction of sp³-hybridized carbons (Fsp3) is 0. The highest BCUT2D eigenvalue weighted by Crippen LogP contribution is 2.15. The maximum atomic E-state index is 4.34. The second-order valence-electron chi connectivity index (χ2n) is 5.25. The van der Waals surface area contributed by atoms with Gasteiger partial charge in [0.15, 0.2) is 0 Å². The number of aromatic nitrogens is 2. The van der Waals surface area contributed by atoms with Gasteiger partial charge in [0.1, 0.15) is 0 Å². The van der Waals surface area contributed by atoms with Gasteiger partial charge in [-0.2, -0.15) is 0 Å². The zero-order valence-corrected chi connectivity index (χ0v) is 12.8. The number of pyridine rings is 2. The highest BCUT2D eigenvalue weighted by atomic mass is 14.6. The first-order valence-electron chi connectivity index (χ1n) is 7.61. The van der Waals surface area contributed by atoms with Crippen molar-refractivity contribution in [2.24, 2.45) is 0 Å². The summed E-state index contributed by atoms with van der Waals surface area (Å²) in [6.45, 7) is 0. The normalized spacial score (nSPS) is 9.83. The maximum absolute atomic E-state index is 4.34. The Balaban J connectivity index is 1.71. The monoisotopic (exact) mass is 304 g/mol. The smallest absolute Gasteiger partial charge is 0.0714 e. The number of fused-ring (bicyclic) bond motifs is 2. The first kappa shape index (κ1) is 14.0. The van der Waals surface area contributed by atoms with Crippen LogP contribution < -0.4 is 0 Å².